The van der Waals surface area contributed by atoms with Gasteiger partial charge in [-0.05, 0) is 117 Å². The highest BCUT2D eigenvalue weighted by atomic mass is 32.1. The molecule has 2 aromatic carbocycles. The molecule has 3 amide bonds. The van der Waals surface area contributed by atoms with Gasteiger partial charge in [-0.15, -0.1) is 22.7 Å². The fourth-order valence-corrected chi connectivity index (χ4v) is 12.0. The van der Waals surface area contributed by atoms with E-state index in [1.165, 1.54) is 20.9 Å². The van der Waals surface area contributed by atoms with Crippen LogP contribution in [-0.4, -0.2) is 120 Å². The number of ether oxygens (including phenoxy) is 3. The Morgan fingerprint density at radius 1 is 0.718 bits per heavy atom. The molecule has 5 N–H and O–H groups in total. The summed E-state index contributed by atoms with van der Waals surface area (Å²) in [6.45, 7) is 7.91. The van der Waals surface area contributed by atoms with Crippen LogP contribution in [0.1, 0.15) is 76.7 Å². The van der Waals surface area contributed by atoms with Gasteiger partial charge in [0.25, 0.3) is 0 Å². The number of aromatic nitrogens is 4. The fraction of sp³-hybridized carbons (Fsp3) is 0.431. The van der Waals surface area contributed by atoms with Crippen molar-refractivity contribution in [2.75, 3.05) is 58.5 Å². The Bertz CT molecular complexity index is 3060. The molecule has 4 aromatic heterocycles. The van der Waals surface area contributed by atoms with Crippen molar-refractivity contribution < 1.29 is 28.6 Å². The molecule has 0 fully saturated rings. The van der Waals surface area contributed by atoms with Crippen LogP contribution in [0.2, 0.25) is 0 Å². The molecule has 0 unspecified atom stereocenters. The molecular weight excluding hydrogens is 941 g/mol. The largest absolute Gasteiger partial charge is 0.487 e. The van der Waals surface area contributed by atoms with Gasteiger partial charge in [-0.1, -0.05) is 0 Å². The fourth-order valence-electron chi connectivity index (χ4n) is 9.42. The number of aryl methyl sites for hydroxylation is 2. The average molecular weight is 1000 g/mol. The molecule has 18 nitrogen and oxygen atoms in total. The number of rotatable bonds is 14. The Balaban J connectivity index is 0.000000177. The number of alkyl carbamates (subject to hydrolysis) is 1. The van der Waals surface area contributed by atoms with Crippen molar-refractivity contribution in [1.29, 1.82) is 0 Å². The first-order valence-electron chi connectivity index (χ1n) is 24.0. The summed E-state index contributed by atoms with van der Waals surface area (Å²) >= 11 is 3.30. The van der Waals surface area contributed by atoms with Gasteiger partial charge in [0.15, 0.2) is 0 Å². The maximum absolute atomic E-state index is 12.6. The lowest BCUT2D eigenvalue weighted by atomic mass is 9.87. The second-order valence-corrected chi connectivity index (χ2v) is 20.8. The second-order valence-electron chi connectivity index (χ2n) is 18.6. The topological polar surface area (TPSA) is 224 Å². The number of carbonyl (C=O) groups is 3. The van der Waals surface area contributed by atoms with Gasteiger partial charge in [0.1, 0.15) is 57.7 Å². The summed E-state index contributed by atoms with van der Waals surface area (Å²) in [5.41, 5.74) is 14.2. The normalized spacial score (nSPS) is 17.0. The number of nitrogens with one attached hydrogen (secondary N) is 3. The first-order valence-corrected chi connectivity index (χ1v) is 25.7. The van der Waals surface area contributed by atoms with E-state index in [2.05, 4.69) is 51.9 Å². The molecule has 0 saturated carbocycles. The molecule has 4 aliphatic rings. The van der Waals surface area contributed by atoms with Crippen LogP contribution in [0.25, 0.3) is 20.4 Å². The lowest BCUT2D eigenvalue weighted by Gasteiger charge is -2.24. The maximum atomic E-state index is 12.6. The Hall–Kier alpha value is -6.77. The van der Waals surface area contributed by atoms with Gasteiger partial charge in [-0.2, -0.15) is 0 Å². The molecule has 0 saturated heterocycles. The summed E-state index contributed by atoms with van der Waals surface area (Å²) in [4.78, 5) is 71.6. The van der Waals surface area contributed by atoms with Crippen molar-refractivity contribution in [3.05, 3.63) is 80.1 Å². The predicted octanol–water partition coefficient (Wildman–Crippen LogP) is 7.36. The van der Waals surface area contributed by atoms with E-state index >= 15 is 0 Å². The van der Waals surface area contributed by atoms with Crippen molar-refractivity contribution in [2.45, 2.75) is 84.6 Å². The first-order chi connectivity index (χ1) is 34.3. The number of thiophene rings is 2. The third-order valence-electron chi connectivity index (χ3n) is 13.0. The minimum absolute atomic E-state index is 0.00404. The molecule has 0 bridgehead atoms. The zero-order chi connectivity index (χ0) is 49.9. The van der Waals surface area contributed by atoms with E-state index in [1.54, 1.807) is 52.1 Å². The monoisotopic (exact) mass is 1000 g/mol. The van der Waals surface area contributed by atoms with E-state index < -0.39 is 6.09 Å². The van der Waals surface area contributed by atoms with Crippen molar-refractivity contribution in [2.24, 2.45) is 27.6 Å². The number of hydrogen-bond donors (Lipinski definition) is 4. The van der Waals surface area contributed by atoms with Crippen LogP contribution in [0.15, 0.2) is 46.9 Å². The van der Waals surface area contributed by atoms with Crippen molar-refractivity contribution >= 4 is 96.5 Å². The van der Waals surface area contributed by atoms with Gasteiger partial charge < -0.3 is 45.7 Å². The zero-order valence-electron chi connectivity index (χ0n) is 41.1. The maximum Gasteiger partial charge on any atom is 0.407 e. The van der Waals surface area contributed by atoms with Gasteiger partial charge in [0.2, 0.25) is 11.8 Å². The second kappa shape index (κ2) is 21.3. The third kappa shape index (κ3) is 10.6. The van der Waals surface area contributed by atoms with Crippen LogP contribution in [0.4, 0.5) is 27.8 Å². The minimum Gasteiger partial charge on any atom is -0.487 e. The molecule has 6 aromatic rings. The lowest BCUT2D eigenvalue weighted by Crippen LogP contribution is -2.34. The molecule has 2 aliphatic heterocycles. The number of fused-ring (bicyclic) bond motifs is 8. The third-order valence-corrected chi connectivity index (χ3v) is 15.4. The summed E-state index contributed by atoms with van der Waals surface area (Å²) in [6, 6.07) is 8.11. The van der Waals surface area contributed by atoms with E-state index in [9.17, 15) is 14.4 Å². The smallest absolute Gasteiger partial charge is 0.407 e. The molecule has 20 heteroatoms. The molecular formula is C51H60N12O6S2. The Morgan fingerprint density at radius 2 is 1.20 bits per heavy atom. The number of anilines is 4. The Kier molecular flexibility index (Phi) is 14.8. The number of nitrogens with two attached hydrogens (primary N) is 1. The summed E-state index contributed by atoms with van der Waals surface area (Å²) in [7, 11) is 7.27. The summed E-state index contributed by atoms with van der Waals surface area (Å²) in [5, 5.41) is 11.8. The van der Waals surface area contributed by atoms with Crippen molar-refractivity contribution in [1.82, 2.24) is 35.1 Å². The molecule has 2 aliphatic carbocycles. The zero-order valence-corrected chi connectivity index (χ0v) is 42.8. The summed E-state index contributed by atoms with van der Waals surface area (Å²) in [6.07, 6.45) is 10.8. The quantitative estimate of drug-likeness (QED) is 0.0838. The van der Waals surface area contributed by atoms with Gasteiger partial charge in [-0.3, -0.25) is 19.6 Å². The minimum atomic E-state index is -0.469. The van der Waals surface area contributed by atoms with Gasteiger partial charge in [-0.25, -0.2) is 24.7 Å². The van der Waals surface area contributed by atoms with Crippen molar-refractivity contribution in [3.8, 4) is 11.5 Å². The van der Waals surface area contributed by atoms with Crippen LogP contribution < -0.4 is 31.2 Å². The van der Waals surface area contributed by atoms with E-state index in [1.807, 2.05) is 72.7 Å². The molecule has 372 valence electrons. The van der Waals surface area contributed by atoms with E-state index in [0.29, 0.717) is 44.4 Å². The van der Waals surface area contributed by atoms with Crippen LogP contribution in [0.3, 0.4) is 0 Å². The molecule has 4 atom stereocenters. The Labute approximate surface area is 420 Å². The van der Waals surface area contributed by atoms with Gasteiger partial charge >= 0.3 is 6.09 Å². The number of benzene rings is 2. The predicted molar refractivity (Wildman–Crippen MR) is 280 cm³/mol. The highest BCUT2D eigenvalue weighted by Crippen LogP contribution is 2.44. The van der Waals surface area contributed by atoms with Gasteiger partial charge in [0, 0.05) is 68.8 Å². The number of amides is 3. The molecule has 0 radical (unpaired) electrons. The summed E-state index contributed by atoms with van der Waals surface area (Å²) < 4.78 is 17.4. The number of nitrogens with zero attached hydrogens (tertiary/aromatic N) is 8. The first kappa shape index (κ1) is 49.2. The number of aliphatic imine (C=N–C) groups is 2. The number of carbonyl (C=O) groups excluding carboxylic acids is 3. The molecule has 10 rings (SSSR count). The Morgan fingerprint density at radius 3 is 1.65 bits per heavy atom. The van der Waals surface area contributed by atoms with Crippen LogP contribution in [-0.2, 0) is 53.1 Å². The van der Waals surface area contributed by atoms with E-state index in [0.717, 1.165) is 104 Å². The van der Waals surface area contributed by atoms with Crippen LogP contribution >= 0.6 is 22.7 Å². The van der Waals surface area contributed by atoms with Crippen LogP contribution in [0.5, 0.6) is 11.5 Å². The highest BCUT2D eigenvalue weighted by molar-refractivity contribution is 7.19. The highest BCUT2D eigenvalue weighted by Gasteiger charge is 2.32. The number of hydrogen-bond acceptors (Lipinski definition) is 17. The SMILES string of the molecule is CCOC(=O)NC[C@@H](C)Oc1cc2c(cc1Nc1ncnc3sc4c(c13)CC[C@H](C(=O)N(C)C)C4)C=NC2.C[C@H](CN)Oc1cc2c(cc1Nc1ncnc3sc4c(c13)CC[C@H](C(=O)N(C)C)C4)C=NC2. The van der Waals surface area contributed by atoms with E-state index in [4.69, 9.17) is 19.9 Å². The molecule has 71 heavy (non-hydrogen) atoms. The van der Waals surface area contributed by atoms with Crippen LogP contribution in [0, 0.1) is 11.8 Å². The molecule has 0 spiro atoms. The van der Waals surface area contributed by atoms with E-state index in [-0.39, 0.29) is 35.9 Å². The average Bonchev–Trinajstić information content (AvgIpc) is 4.18. The summed E-state index contributed by atoms with van der Waals surface area (Å²) in [5.74, 6) is 3.25. The lowest BCUT2D eigenvalue weighted by molar-refractivity contribution is -0.134. The van der Waals surface area contributed by atoms with Gasteiger partial charge in [0.05, 0.1) is 48.4 Å². The standard InChI is InChI=1S/C27H32N6O4S.C24H28N6O2S/c1-5-36-27(35)29-11-15(2)37-21-9-18-13-28-12-17(18)8-20(21)32-24-23-19-7-6-16(26(34)33(3)4)10-22(19)38-25(23)31-14-30-24;1-13(9-25)32-19-7-16-11-26-10-15(16)6-18(19)29-22-21-17-5-4-14(24(31)30(2)3)8-20(17)33-23(21)28-12-27-22/h8-9,12,14-16H,5-7,10-11,13H2,1-4H3,(H,29,35)(H,30,31,32);6-7,10,12-14H,4-5,8-9,11,25H2,1-3H3,(H,27,28,29)/t15-,16+;13-,14+/m11/s1. The molecule has 6 heterocycles. The van der Waals surface area contributed by atoms with Crippen molar-refractivity contribution in [3.63, 3.8) is 0 Å².